The highest BCUT2D eigenvalue weighted by Crippen LogP contribution is 2.43. The summed E-state index contributed by atoms with van der Waals surface area (Å²) in [4.78, 5) is 16.2. The molecule has 1 saturated carbocycles. The van der Waals surface area contributed by atoms with Crippen LogP contribution in [0.3, 0.4) is 0 Å². The molecule has 0 radical (unpaired) electrons. The van der Waals surface area contributed by atoms with Gasteiger partial charge in [0, 0.05) is 17.8 Å². The maximum absolute atomic E-state index is 6.14. The highest BCUT2D eigenvalue weighted by molar-refractivity contribution is 5.73. The molecule has 144 valence electrons. The average Bonchev–Trinajstić information content (AvgIpc) is 3.37. The van der Waals surface area contributed by atoms with Crippen molar-refractivity contribution in [2.45, 2.75) is 58.0 Å². The van der Waals surface area contributed by atoms with Gasteiger partial charge in [-0.2, -0.15) is 0 Å². The van der Waals surface area contributed by atoms with E-state index >= 15 is 0 Å². The molecule has 1 atom stereocenters. The number of hydrogen-bond acceptors (Lipinski definition) is 7. The molecule has 3 aromatic rings. The first-order chi connectivity index (χ1) is 13.7. The van der Waals surface area contributed by atoms with Crippen LogP contribution in [0.2, 0.25) is 0 Å². The lowest BCUT2D eigenvalue weighted by Gasteiger charge is -2.41. The minimum atomic E-state index is 0.161. The van der Waals surface area contributed by atoms with Crippen LogP contribution in [0.25, 0.3) is 17.1 Å². The molecule has 1 aliphatic carbocycles. The van der Waals surface area contributed by atoms with E-state index in [0.29, 0.717) is 17.6 Å². The normalized spacial score (nSPS) is 18.9. The van der Waals surface area contributed by atoms with Crippen molar-refractivity contribution >= 4 is 11.5 Å². The van der Waals surface area contributed by atoms with Gasteiger partial charge in [0.2, 0.25) is 0 Å². The lowest BCUT2D eigenvalue weighted by atomic mass is 10.0. The third-order valence-electron chi connectivity index (χ3n) is 5.92. The Balaban J connectivity index is 1.73. The molecule has 0 bridgehead atoms. The standard InChI is InChI=1S/C20H24N8/c1-3-16-20-26-25-12(2)27(20)17-11-23-18(14-8-9-22-10-15(14)21)24-19(17)28(16)13-6-4-5-7-13/h8-11,13,16H,3-7,21H2,1-2H3/t16-/m1/s1. The quantitative estimate of drug-likeness (QED) is 0.749. The summed E-state index contributed by atoms with van der Waals surface area (Å²) in [6, 6.07) is 2.49. The van der Waals surface area contributed by atoms with Gasteiger partial charge >= 0.3 is 0 Å². The van der Waals surface area contributed by atoms with E-state index in [1.54, 1.807) is 12.4 Å². The minimum Gasteiger partial charge on any atom is -0.397 e. The first kappa shape index (κ1) is 17.1. The zero-order valence-electron chi connectivity index (χ0n) is 16.2. The van der Waals surface area contributed by atoms with Gasteiger partial charge in [-0.3, -0.25) is 9.55 Å². The number of nitrogens with zero attached hydrogens (tertiary/aromatic N) is 7. The van der Waals surface area contributed by atoms with Gasteiger partial charge in [-0.15, -0.1) is 10.2 Å². The van der Waals surface area contributed by atoms with Crippen LogP contribution in [0.15, 0.2) is 24.7 Å². The van der Waals surface area contributed by atoms with Gasteiger partial charge in [0.25, 0.3) is 0 Å². The van der Waals surface area contributed by atoms with Crippen LogP contribution in [0.5, 0.6) is 0 Å². The first-order valence-electron chi connectivity index (χ1n) is 9.96. The molecule has 8 nitrogen and oxygen atoms in total. The molecule has 4 heterocycles. The zero-order valence-corrected chi connectivity index (χ0v) is 16.2. The highest BCUT2D eigenvalue weighted by Gasteiger charge is 2.39. The second-order valence-electron chi connectivity index (χ2n) is 7.58. The highest BCUT2D eigenvalue weighted by atomic mass is 15.4. The van der Waals surface area contributed by atoms with Crippen molar-refractivity contribution in [1.29, 1.82) is 0 Å². The molecule has 2 aliphatic rings. The zero-order chi connectivity index (χ0) is 19.3. The van der Waals surface area contributed by atoms with E-state index in [2.05, 4.69) is 36.6 Å². The second-order valence-corrected chi connectivity index (χ2v) is 7.58. The number of anilines is 2. The lowest BCUT2D eigenvalue weighted by Crippen LogP contribution is -2.42. The largest absolute Gasteiger partial charge is 0.397 e. The van der Waals surface area contributed by atoms with Crippen molar-refractivity contribution in [3.63, 3.8) is 0 Å². The van der Waals surface area contributed by atoms with Crippen LogP contribution < -0.4 is 10.6 Å². The van der Waals surface area contributed by atoms with Gasteiger partial charge < -0.3 is 10.6 Å². The Morgan fingerprint density at radius 1 is 1.18 bits per heavy atom. The topological polar surface area (TPSA) is 98.6 Å². The van der Waals surface area contributed by atoms with Crippen LogP contribution in [-0.4, -0.2) is 35.8 Å². The van der Waals surface area contributed by atoms with E-state index in [1.807, 2.05) is 19.2 Å². The Morgan fingerprint density at radius 2 is 2.00 bits per heavy atom. The predicted octanol–water partition coefficient (Wildman–Crippen LogP) is 3.22. The summed E-state index contributed by atoms with van der Waals surface area (Å²) in [5, 5.41) is 8.86. The van der Waals surface area contributed by atoms with Gasteiger partial charge in [-0.25, -0.2) is 9.97 Å². The fourth-order valence-electron chi connectivity index (χ4n) is 4.61. The van der Waals surface area contributed by atoms with Crippen molar-refractivity contribution in [2.75, 3.05) is 10.6 Å². The molecule has 0 saturated heterocycles. The van der Waals surface area contributed by atoms with Crippen molar-refractivity contribution in [3.8, 4) is 17.1 Å². The number of rotatable bonds is 3. The van der Waals surface area contributed by atoms with Gasteiger partial charge in [0.15, 0.2) is 17.5 Å². The molecule has 0 aromatic carbocycles. The average molecular weight is 376 g/mol. The van der Waals surface area contributed by atoms with E-state index in [1.165, 1.54) is 25.7 Å². The molecule has 2 N–H and O–H groups in total. The van der Waals surface area contributed by atoms with Crippen LogP contribution in [0, 0.1) is 6.92 Å². The van der Waals surface area contributed by atoms with Crippen LogP contribution in [0.1, 0.15) is 56.7 Å². The summed E-state index contributed by atoms with van der Waals surface area (Å²) >= 11 is 0. The van der Waals surface area contributed by atoms with E-state index in [-0.39, 0.29) is 6.04 Å². The molecular formula is C20H24N8. The van der Waals surface area contributed by atoms with E-state index in [4.69, 9.17) is 10.7 Å². The van der Waals surface area contributed by atoms with Crippen molar-refractivity contribution in [3.05, 3.63) is 36.3 Å². The third kappa shape index (κ3) is 2.47. The number of pyridine rings is 1. The molecule has 0 spiro atoms. The lowest BCUT2D eigenvalue weighted by molar-refractivity contribution is 0.468. The molecule has 0 amide bonds. The Labute approximate surface area is 163 Å². The molecule has 1 fully saturated rings. The molecule has 3 aromatic heterocycles. The van der Waals surface area contributed by atoms with Crippen LogP contribution in [-0.2, 0) is 0 Å². The summed E-state index contributed by atoms with van der Waals surface area (Å²) in [6.07, 6.45) is 11.1. The minimum absolute atomic E-state index is 0.161. The molecule has 0 unspecified atom stereocenters. The van der Waals surface area contributed by atoms with Gasteiger partial charge in [-0.05, 0) is 32.3 Å². The van der Waals surface area contributed by atoms with E-state index in [9.17, 15) is 0 Å². The molecule has 1 aliphatic heterocycles. The fourth-order valence-corrected chi connectivity index (χ4v) is 4.61. The van der Waals surface area contributed by atoms with E-state index in [0.717, 1.165) is 35.1 Å². The summed E-state index contributed by atoms with van der Waals surface area (Å²) in [5.41, 5.74) is 8.48. The van der Waals surface area contributed by atoms with Gasteiger partial charge in [0.05, 0.1) is 24.1 Å². The Morgan fingerprint density at radius 3 is 2.75 bits per heavy atom. The summed E-state index contributed by atoms with van der Waals surface area (Å²) < 4.78 is 2.11. The monoisotopic (exact) mass is 376 g/mol. The Kier molecular flexibility index (Phi) is 3.99. The van der Waals surface area contributed by atoms with Crippen molar-refractivity contribution in [1.82, 2.24) is 29.7 Å². The number of nitrogen functional groups attached to an aromatic ring is 1. The van der Waals surface area contributed by atoms with Gasteiger partial charge in [-0.1, -0.05) is 19.8 Å². The summed E-state index contributed by atoms with van der Waals surface area (Å²) in [5.74, 6) is 3.43. The summed E-state index contributed by atoms with van der Waals surface area (Å²) in [6.45, 7) is 4.18. The number of hydrogen-bond donors (Lipinski definition) is 1. The first-order valence-corrected chi connectivity index (χ1v) is 9.96. The SMILES string of the molecule is CC[C@@H]1c2nnc(C)n2-c2cnc(-c3ccncc3N)nc2N1C1CCCC1. The number of nitrogens with two attached hydrogens (primary N) is 1. The number of aryl methyl sites for hydroxylation is 1. The maximum atomic E-state index is 6.14. The van der Waals surface area contributed by atoms with Crippen LogP contribution in [0.4, 0.5) is 11.5 Å². The molecule has 5 rings (SSSR count). The second kappa shape index (κ2) is 6.54. The number of fused-ring (bicyclic) bond motifs is 3. The van der Waals surface area contributed by atoms with Gasteiger partial charge in [0.1, 0.15) is 11.5 Å². The number of aromatic nitrogens is 6. The molecular weight excluding hydrogens is 352 g/mol. The van der Waals surface area contributed by atoms with Crippen molar-refractivity contribution in [2.24, 2.45) is 0 Å². The summed E-state index contributed by atoms with van der Waals surface area (Å²) in [7, 11) is 0. The maximum Gasteiger partial charge on any atom is 0.163 e. The van der Waals surface area contributed by atoms with E-state index < -0.39 is 0 Å². The smallest absolute Gasteiger partial charge is 0.163 e. The fraction of sp³-hybridized carbons (Fsp3) is 0.450. The molecule has 8 heteroatoms. The third-order valence-corrected chi connectivity index (χ3v) is 5.92. The predicted molar refractivity (Wildman–Crippen MR) is 107 cm³/mol. The Hall–Kier alpha value is -3.03. The van der Waals surface area contributed by atoms with Crippen molar-refractivity contribution < 1.29 is 0 Å². The molecule has 28 heavy (non-hydrogen) atoms. The Bertz CT molecular complexity index is 1020. The van der Waals surface area contributed by atoms with Crippen LogP contribution >= 0.6 is 0 Å².